The van der Waals surface area contributed by atoms with E-state index in [2.05, 4.69) is 0 Å². The average Bonchev–Trinajstić information content (AvgIpc) is 3.10. The van der Waals surface area contributed by atoms with Gasteiger partial charge in [-0.05, 0) is 64.5 Å². The number of rotatable bonds is 3. The van der Waals surface area contributed by atoms with Crippen molar-refractivity contribution in [3.8, 4) is 5.75 Å². The first-order chi connectivity index (χ1) is 9.28. The lowest BCUT2D eigenvalue weighted by Gasteiger charge is -2.32. The Morgan fingerprint density at radius 2 is 1.75 bits per heavy atom. The Kier molecular flexibility index (Phi) is 3.14. The second kappa shape index (κ2) is 4.50. The van der Waals surface area contributed by atoms with Crippen LogP contribution >= 0.6 is 0 Å². The number of benzene rings is 1. The molecule has 0 spiro atoms. The molecule has 0 radical (unpaired) electrons. The zero-order valence-corrected chi connectivity index (χ0v) is 12.8. The molecule has 1 aromatic rings. The van der Waals surface area contributed by atoms with Crippen molar-refractivity contribution in [3.05, 3.63) is 23.8 Å². The Hall–Kier alpha value is -0.995. The highest BCUT2D eigenvalue weighted by Gasteiger charge is 2.52. The van der Waals surface area contributed by atoms with Crippen LogP contribution in [0.3, 0.4) is 0 Å². The van der Waals surface area contributed by atoms with Crippen molar-refractivity contribution in [1.29, 1.82) is 0 Å². The molecule has 1 heterocycles. The maximum Gasteiger partial charge on any atom is 0.498 e. The van der Waals surface area contributed by atoms with Crippen LogP contribution in [0.1, 0.15) is 46.1 Å². The van der Waals surface area contributed by atoms with E-state index in [-0.39, 0.29) is 17.0 Å². The lowest BCUT2D eigenvalue weighted by Crippen LogP contribution is -2.41. The Balaban J connectivity index is 1.86. The van der Waals surface area contributed by atoms with Crippen LogP contribution in [0.4, 0.5) is 0 Å². The van der Waals surface area contributed by atoms with Gasteiger partial charge in [-0.3, -0.25) is 0 Å². The molecule has 0 atom stereocenters. The number of aromatic hydroxyl groups is 1. The third-order valence-electron chi connectivity index (χ3n) is 4.82. The molecule has 4 heteroatoms. The fraction of sp³-hybridized carbons (Fsp3) is 0.625. The van der Waals surface area contributed by atoms with E-state index < -0.39 is 7.12 Å². The van der Waals surface area contributed by atoms with E-state index in [1.54, 1.807) is 6.07 Å². The Morgan fingerprint density at radius 1 is 1.15 bits per heavy atom. The largest absolute Gasteiger partial charge is 0.508 e. The number of phenols is 1. The summed E-state index contributed by atoms with van der Waals surface area (Å²) >= 11 is 0. The lowest BCUT2D eigenvalue weighted by atomic mass is 9.77. The third-order valence-corrected chi connectivity index (χ3v) is 4.82. The molecule has 1 N–H and O–H groups in total. The molecular weight excluding hydrogens is 251 g/mol. The van der Waals surface area contributed by atoms with E-state index in [0.29, 0.717) is 0 Å². The molecule has 0 bridgehead atoms. The summed E-state index contributed by atoms with van der Waals surface area (Å²) in [5.74, 6) is 1.08. The van der Waals surface area contributed by atoms with Gasteiger partial charge < -0.3 is 14.4 Å². The fourth-order valence-corrected chi connectivity index (χ4v) is 2.55. The average molecular weight is 274 g/mol. The lowest BCUT2D eigenvalue weighted by molar-refractivity contribution is 0.00578. The minimum Gasteiger partial charge on any atom is -0.508 e. The molecule has 1 saturated heterocycles. The third kappa shape index (κ3) is 2.47. The first-order valence-electron chi connectivity index (χ1n) is 7.46. The van der Waals surface area contributed by atoms with E-state index in [1.807, 2.05) is 39.8 Å². The van der Waals surface area contributed by atoms with E-state index in [9.17, 15) is 5.11 Å². The van der Waals surface area contributed by atoms with Crippen LogP contribution in [-0.4, -0.2) is 23.4 Å². The quantitative estimate of drug-likeness (QED) is 0.861. The molecule has 1 aromatic carbocycles. The van der Waals surface area contributed by atoms with Crippen LogP contribution in [0.15, 0.2) is 18.2 Å². The summed E-state index contributed by atoms with van der Waals surface area (Å²) in [5.41, 5.74) is 1.25. The molecular formula is C16H23BO3. The van der Waals surface area contributed by atoms with Gasteiger partial charge in [0.05, 0.1) is 11.2 Å². The van der Waals surface area contributed by atoms with Crippen LogP contribution in [-0.2, 0) is 15.7 Å². The highest BCUT2D eigenvalue weighted by molar-refractivity contribution is 6.63. The predicted octanol–water partition coefficient (Wildman–Crippen LogP) is 2.64. The maximum absolute atomic E-state index is 10.1. The molecule has 20 heavy (non-hydrogen) atoms. The van der Waals surface area contributed by atoms with Crippen LogP contribution in [0, 0.1) is 5.92 Å². The Morgan fingerprint density at radius 3 is 2.30 bits per heavy atom. The van der Waals surface area contributed by atoms with Crippen molar-refractivity contribution < 1.29 is 14.4 Å². The molecule has 0 amide bonds. The summed E-state index contributed by atoms with van der Waals surface area (Å²) in [6.45, 7) is 8.10. The van der Waals surface area contributed by atoms with Crippen molar-refractivity contribution in [2.75, 3.05) is 0 Å². The van der Waals surface area contributed by atoms with Crippen molar-refractivity contribution in [2.45, 2.75) is 58.2 Å². The molecule has 2 aliphatic rings. The Bertz CT molecular complexity index is 504. The van der Waals surface area contributed by atoms with Gasteiger partial charge in [-0.25, -0.2) is 0 Å². The number of hydrogen-bond donors (Lipinski definition) is 1. The van der Waals surface area contributed by atoms with Crippen LogP contribution in [0.25, 0.3) is 0 Å². The molecule has 1 saturated carbocycles. The predicted molar refractivity (Wildman–Crippen MR) is 80.3 cm³/mol. The molecule has 1 aliphatic carbocycles. The van der Waals surface area contributed by atoms with E-state index in [4.69, 9.17) is 9.31 Å². The van der Waals surface area contributed by atoms with Crippen molar-refractivity contribution in [2.24, 2.45) is 5.92 Å². The summed E-state index contributed by atoms with van der Waals surface area (Å²) in [6.07, 6.45) is 3.74. The minimum absolute atomic E-state index is 0.253. The van der Waals surface area contributed by atoms with Crippen LogP contribution in [0.2, 0.25) is 0 Å². The zero-order valence-electron chi connectivity index (χ0n) is 12.8. The van der Waals surface area contributed by atoms with Gasteiger partial charge in [0, 0.05) is 5.46 Å². The zero-order chi connectivity index (χ0) is 14.5. The van der Waals surface area contributed by atoms with Gasteiger partial charge in [-0.1, -0.05) is 12.1 Å². The molecule has 3 rings (SSSR count). The maximum atomic E-state index is 10.1. The van der Waals surface area contributed by atoms with Crippen molar-refractivity contribution in [3.63, 3.8) is 0 Å². The normalized spacial score (nSPS) is 24.1. The van der Waals surface area contributed by atoms with Crippen LogP contribution < -0.4 is 5.46 Å². The smallest absolute Gasteiger partial charge is 0.498 e. The van der Waals surface area contributed by atoms with Crippen molar-refractivity contribution >= 4 is 12.6 Å². The highest BCUT2D eigenvalue weighted by atomic mass is 16.7. The minimum atomic E-state index is -0.487. The van der Waals surface area contributed by atoms with Gasteiger partial charge in [0.15, 0.2) is 0 Å². The fourth-order valence-electron chi connectivity index (χ4n) is 2.55. The molecule has 0 unspecified atom stereocenters. The van der Waals surface area contributed by atoms with Gasteiger partial charge in [-0.15, -0.1) is 0 Å². The van der Waals surface area contributed by atoms with Gasteiger partial charge in [-0.2, -0.15) is 0 Å². The van der Waals surface area contributed by atoms with Gasteiger partial charge in [0.2, 0.25) is 0 Å². The standard InChI is InChI=1S/C16H23BO3/c1-15(2)16(3,4)20-17(19-15)13-10-12(7-8-14(13)18)9-11-5-6-11/h7-8,10-11,18H,5-6,9H2,1-4H3. The molecule has 108 valence electrons. The van der Waals surface area contributed by atoms with Gasteiger partial charge >= 0.3 is 7.12 Å². The van der Waals surface area contributed by atoms with E-state index in [1.165, 1.54) is 18.4 Å². The monoisotopic (exact) mass is 274 g/mol. The summed E-state index contributed by atoms with van der Waals surface area (Å²) in [4.78, 5) is 0. The highest BCUT2D eigenvalue weighted by Crippen LogP contribution is 2.37. The van der Waals surface area contributed by atoms with Crippen molar-refractivity contribution in [1.82, 2.24) is 0 Å². The van der Waals surface area contributed by atoms with Gasteiger partial charge in [0.25, 0.3) is 0 Å². The summed E-state index contributed by atoms with van der Waals surface area (Å²) in [6, 6.07) is 5.80. The summed E-state index contributed by atoms with van der Waals surface area (Å²) < 4.78 is 12.0. The summed E-state index contributed by atoms with van der Waals surface area (Å²) in [7, 11) is -0.487. The first kappa shape index (κ1) is 14.0. The second-order valence-electron chi connectivity index (χ2n) is 7.13. The molecule has 3 nitrogen and oxygen atoms in total. The number of phenolic OH excluding ortho intramolecular Hbond substituents is 1. The summed E-state index contributed by atoms with van der Waals surface area (Å²) in [5, 5.41) is 10.1. The molecule has 0 aromatic heterocycles. The Labute approximate surface area is 121 Å². The second-order valence-corrected chi connectivity index (χ2v) is 7.13. The van der Waals surface area contributed by atoms with E-state index >= 15 is 0 Å². The molecule has 1 aliphatic heterocycles. The SMILES string of the molecule is CC1(C)OB(c2cc(CC3CC3)ccc2O)OC1(C)C. The molecule has 2 fully saturated rings. The first-order valence-corrected chi connectivity index (χ1v) is 7.46. The number of hydrogen-bond acceptors (Lipinski definition) is 3. The van der Waals surface area contributed by atoms with Crippen LogP contribution in [0.5, 0.6) is 5.75 Å². The van der Waals surface area contributed by atoms with E-state index in [0.717, 1.165) is 17.8 Å². The topological polar surface area (TPSA) is 38.7 Å². The van der Waals surface area contributed by atoms with Gasteiger partial charge in [0.1, 0.15) is 5.75 Å².